The molecule has 3 aromatic rings. The molecular weight excluding hydrogens is 522 g/mol. The zero-order chi connectivity index (χ0) is 29.0. The summed E-state index contributed by atoms with van der Waals surface area (Å²) in [5, 5.41) is 9.36. The molecule has 1 N–H and O–H groups in total. The first-order valence-electron chi connectivity index (χ1n) is 13.8. The minimum atomic E-state index is -0.322. The lowest BCUT2D eigenvalue weighted by Gasteiger charge is -2.35. The smallest absolute Gasteiger partial charge is 0.409 e. The molecule has 0 aliphatic carbocycles. The average molecular weight is 562 g/mol. The van der Waals surface area contributed by atoms with E-state index in [1.165, 1.54) is 0 Å². The number of benzene rings is 3. The van der Waals surface area contributed by atoms with Gasteiger partial charge < -0.3 is 29.1 Å². The second-order valence-electron chi connectivity index (χ2n) is 10.0. The first kappa shape index (κ1) is 29.9. The van der Waals surface area contributed by atoms with Crippen LogP contribution in [0.2, 0.25) is 0 Å². The van der Waals surface area contributed by atoms with E-state index < -0.39 is 0 Å². The molecule has 0 spiro atoms. The van der Waals surface area contributed by atoms with Gasteiger partial charge in [-0.15, -0.1) is 0 Å². The lowest BCUT2D eigenvalue weighted by molar-refractivity contribution is -0.134. The van der Waals surface area contributed by atoms with E-state index in [0.717, 1.165) is 33.8 Å². The molecule has 1 saturated heterocycles. The van der Waals surface area contributed by atoms with Gasteiger partial charge in [0.15, 0.2) is 0 Å². The second-order valence-corrected chi connectivity index (χ2v) is 10.0. The molecule has 1 heterocycles. The highest BCUT2D eigenvalue weighted by atomic mass is 16.6. The van der Waals surface area contributed by atoms with Crippen LogP contribution in [0.1, 0.15) is 22.3 Å². The molecule has 9 heteroatoms. The van der Waals surface area contributed by atoms with Crippen molar-refractivity contribution in [2.75, 3.05) is 53.6 Å². The Labute approximate surface area is 241 Å². The maximum atomic E-state index is 13.5. The zero-order valence-corrected chi connectivity index (χ0v) is 23.8. The van der Waals surface area contributed by atoms with Crippen molar-refractivity contribution < 1.29 is 28.9 Å². The fourth-order valence-electron chi connectivity index (χ4n) is 4.67. The Morgan fingerprint density at radius 1 is 0.732 bits per heavy atom. The molecule has 4 rings (SSSR count). The quantitative estimate of drug-likeness (QED) is 0.360. The van der Waals surface area contributed by atoms with E-state index in [9.17, 15) is 14.7 Å². The van der Waals surface area contributed by atoms with E-state index in [1.807, 2.05) is 77.7 Å². The van der Waals surface area contributed by atoms with Crippen LogP contribution in [0.5, 0.6) is 11.5 Å². The lowest BCUT2D eigenvalue weighted by atomic mass is 10.1. The van der Waals surface area contributed by atoms with Gasteiger partial charge in [0, 0.05) is 45.7 Å². The lowest BCUT2D eigenvalue weighted by Crippen LogP contribution is -2.51. The van der Waals surface area contributed by atoms with E-state index in [0.29, 0.717) is 52.3 Å². The minimum absolute atomic E-state index is 0.0163. The van der Waals surface area contributed by atoms with Crippen molar-refractivity contribution >= 4 is 12.0 Å². The first-order valence-corrected chi connectivity index (χ1v) is 13.8. The number of piperazine rings is 1. The number of carbonyl (C=O) groups is 2. The number of rotatable bonds is 12. The summed E-state index contributed by atoms with van der Waals surface area (Å²) in [5.41, 5.74) is 3.91. The van der Waals surface area contributed by atoms with Gasteiger partial charge in [-0.05, 0) is 46.5 Å². The summed E-state index contributed by atoms with van der Waals surface area (Å²) in [6.07, 6.45) is 0.314. The number of nitrogens with zero attached hydrogens (tertiary/aromatic N) is 3. The fourth-order valence-corrected chi connectivity index (χ4v) is 4.67. The summed E-state index contributed by atoms with van der Waals surface area (Å²) in [5.74, 6) is 1.58. The predicted octanol–water partition coefficient (Wildman–Crippen LogP) is 3.72. The Morgan fingerprint density at radius 3 is 1.73 bits per heavy atom. The van der Waals surface area contributed by atoms with Gasteiger partial charge in [-0.25, -0.2) is 4.79 Å². The summed E-state index contributed by atoms with van der Waals surface area (Å²) < 4.78 is 15.9. The number of carbonyl (C=O) groups excluding carboxylic acids is 2. The molecule has 1 aliphatic heterocycles. The maximum Gasteiger partial charge on any atom is 0.409 e. The third-order valence-corrected chi connectivity index (χ3v) is 7.23. The number of methoxy groups -OCH3 is 2. The molecule has 218 valence electrons. The minimum Gasteiger partial charge on any atom is -0.497 e. The van der Waals surface area contributed by atoms with Crippen molar-refractivity contribution in [1.29, 1.82) is 0 Å². The predicted molar refractivity (Wildman–Crippen MR) is 156 cm³/mol. The molecule has 0 unspecified atom stereocenters. The number of amides is 2. The molecule has 0 radical (unpaired) electrons. The van der Waals surface area contributed by atoms with Crippen molar-refractivity contribution in [3.8, 4) is 11.5 Å². The highest BCUT2D eigenvalue weighted by Gasteiger charge is 2.25. The Balaban J connectivity index is 1.28. The van der Waals surface area contributed by atoms with Crippen LogP contribution in [-0.4, -0.2) is 85.4 Å². The standard InChI is InChI=1S/C32H39N3O6/c1-39-29-11-7-25(8-12-29)15-20-41-32(38)34-18-16-33(17-19-34)23-31(37)35(21-26-3-5-28(24-36)6-4-26)22-27-9-13-30(40-2)14-10-27/h3-14,36H,15-24H2,1-2H3. The van der Waals surface area contributed by atoms with Crippen LogP contribution in [0.25, 0.3) is 0 Å². The highest BCUT2D eigenvalue weighted by molar-refractivity contribution is 5.78. The SMILES string of the molecule is COc1ccc(CCOC(=O)N2CCN(CC(=O)N(Cc3ccc(CO)cc3)Cc3ccc(OC)cc3)CC2)cc1. The third kappa shape index (κ3) is 8.96. The number of aliphatic hydroxyl groups excluding tert-OH is 1. The summed E-state index contributed by atoms with van der Waals surface area (Å²) in [4.78, 5) is 31.7. The van der Waals surface area contributed by atoms with Crippen molar-refractivity contribution in [3.63, 3.8) is 0 Å². The van der Waals surface area contributed by atoms with Crippen LogP contribution in [0.15, 0.2) is 72.8 Å². The normalized spacial score (nSPS) is 13.5. The number of ether oxygens (including phenoxy) is 3. The molecule has 0 atom stereocenters. The monoisotopic (exact) mass is 561 g/mol. The molecule has 0 bridgehead atoms. The van der Waals surface area contributed by atoms with E-state index in [1.54, 1.807) is 19.1 Å². The number of hydrogen-bond acceptors (Lipinski definition) is 7. The van der Waals surface area contributed by atoms with Crippen LogP contribution in [-0.2, 0) is 35.6 Å². The van der Waals surface area contributed by atoms with Gasteiger partial charge in [-0.2, -0.15) is 0 Å². The molecule has 2 amide bonds. The average Bonchev–Trinajstić information content (AvgIpc) is 3.02. The van der Waals surface area contributed by atoms with E-state index in [-0.39, 0.29) is 25.2 Å². The van der Waals surface area contributed by atoms with Crippen molar-refractivity contribution in [3.05, 3.63) is 95.1 Å². The van der Waals surface area contributed by atoms with Gasteiger partial charge >= 0.3 is 6.09 Å². The van der Waals surface area contributed by atoms with Crippen LogP contribution >= 0.6 is 0 Å². The molecule has 9 nitrogen and oxygen atoms in total. The summed E-state index contributed by atoms with van der Waals surface area (Å²) in [7, 11) is 3.26. The first-order chi connectivity index (χ1) is 20.0. The van der Waals surface area contributed by atoms with Gasteiger partial charge in [-0.1, -0.05) is 48.5 Å². The molecule has 1 aliphatic rings. The summed E-state index contributed by atoms with van der Waals surface area (Å²) in [6.45, 7) is 3.70. The van der Waals surface area contributed by atoms with Crippen LogP contribution in [0.3, 0.4) is 0 Å². The summed E-state index contributed by atoms with van der Waals surface area (Å²) >= 11 is 0. The van der Waals surface area contributed by atoms with Crippen molar-refractivity contribution in [1.82, 2.24) is 14.7 Å². The second kappa shape index (κ2) is 15.1. The highest BCUT2D eigenvalue weighted by Crippen LogP contribution is 2.17. The molecule has 1 fully saturated rings. The van der Waals surface area contributed by atoms with E-state index in [4.69, 9.17) is 14.2 Å². The Kier molecular flexibility index (Phi) is 11.0. The Morgan fingerprint density at radius 2 is 1.22 bits per heavy atom. The van der Waals surface area contributed by atoms with E-state index in [2.05, 4.69) is 4.90 Å². The zero-order valence-electron chi connectivity index (χ0n) is 23.8. The Hall–Kier alpha value is -4.08. The fraction of sp³-hybridized carbons (Fsp3) is 0.375. The van der Waals surface area contributed by atoms with Gasteiger partial charge in [0.2, 0.25) is 5.91 Å². The van der Waals surface area contributed by atoms with Gasteiger partial charge in [0.05, 0.1) is 34.0 Å². The molecule has 41 heavy (non-hydrogen) atoms. The summed E-state index contributed by atoms with van der Waals surface area (Å²) in [6, 6.07) is 23.1. The van der Waals surface area contributed by atoms with Gasteiger partial charge in [0.1, 0.15) is 11.5 Å². The largest absolute Gasteiger partial charge is 0.497 e. The van der Waals surface area contributed by atoms with Crippen molar-refractivity contribution in [2.45, 2.75) is 26.1 Å². The van der Waals surface area contributed by atoms with Crippen LogP contribution in [0.4, 0.5) is 4.79 Å². The van der Waals surface area contributed by atoms with Crippen molar-refractivity contribution in [2.24, 2.45) is 0 Å². The number of hydrogen-bond donors (Lipinski definition) is 1. The van der Waals surface area contributed by atoms with E-state index >= 15 is 0 Å². The molecule has 0 saturated carbocycles. The number of aliphatic hydroxyl groups is 1. The van der Waals surface area contributed by atoms with Gasteiger partial charge in [-0.3, -0.25) is 9.69 Å². The van der Waals surface area contributed by atoms with Crippen LogP contribution < -0.4 is 9.47 Å². The topological polar surface area (TPSA) is 91.8 Å². The maximum absolute atomic E-state index is 13.5. The van der Waals surface area contributed by atoms with Crippen LogP contribution in [0, 0.1) is 0 Å². The molecule has 3 aromatic carbocycles. The Bertz CT molecular complexity index is 1190. The molecular formula is C32H39N3O6. The molecule has 0 aromatic heterocycles. The van der Waals surface area contributed by atoms with Gasteiger partial charge in [0.25, 0.3) is 0 Å². The third-order valence-electron chi connectivity index (χ3n) is 7.23.